The third-order valence-corrected chi connectivity index (χ3v) is 6.60. The summed E-state index contributed by atoms with van der Waals surface area (Å²) >= 11 is 6.26. The summed E-state index contributed by atoms with van der Waals surface area (Å²) in [5.74, 6) is -0.803. The van der Waals surface area contributed by atoms with Crippen LogP contribution in [0.4, 0.5) is 14.9 Å². The van der Waals surface area contributed by atoms with E-state index in [1.54, 1.807) is 24.3 Å². The molecular weight excluding hydrogens is 449 g/mol. The number of amides is 4. The first kappa shape index (κ1) is 23.0. The van der Waals surface area contributed by atoms with Crippen LogP contribution in [0.2, 0.25) is 5.02 Å². The molecule has 2 atom stereocenters. The molecule has 7 nitrogen and oxygen atoms in total. The van der Waals surface area contributed by atoms with Crippen molar-refractivity contribution in [1.29, 1.82) is 0 Å². The van der Waals surface area contributed by atoms with Crippen molar-refractivity contribution < 1.29 is 23.5 Å². The minimum Gasteiger partial charge on any atom is -0.487 e. The lowest BCUT2D eigenvalue weighted by Gasteiger charge is -2.36. The second-order valence-corrected chi connectivity index (χ2v) is 8.96. The van der Waals surface area contributed by atoms with Gasteiger partial charge in [0.15, 0.2) is 0 Å². The first-order valence-corrected chi connectivity index (χ1v) is 11.3. The standard InChI is InChI=1S/C24H25ClFN3O4/c1-15-5-2-3-10-24(15)22(31)29(23(32)28-24)13-21(30)27-18-8-9-20(19(25)12-18)33-14-16-6-4-7-17(26)11-16/h4,6-9,11-12,15H,2-3,5,10,13-14H2,1H3,(H,27,30)(H,28,32). The molecule has 1 spiro atoms. The van der Waals surface area contributed by atoms with Crippen molar-refractivity contribution >= 4 is 35.1 Å². The van der Waals surface area contributed by atoms with Crippen molar-refractivity contribution in [2.75, 3.05) is 11.9 Å². The van der Waals surface area contributed by atoms with Crippen LogP contribution in [0.25, 0.3) is 0 Å². The van der Waals surface area contributed by atoms with Crippen molar-refractivity contribution in [3.63, 3.8) is 0 Å². The fraction of sp³-hybridized carbons (Fsp3) is 0.375. The molecule has 1 aliphatic heterocycles. The highest BCUT2D eigenvalue weighted by atomic mass is 35.5. The monoisotopic (exact) mass is 473 g/mol. The van der Waals surface area contributed by atoms with Crippen LogP contribution in [0.5, 0.6) is 5.75 Å². The Bertz CT molecular complexity index is 1100. The first-order valence-electron chi connectivity index (χ1n) is 10.9. The Morgan fingerprint density at radius 1 is 1.27 bits per heavy atom. The predicted molar refractivity (Wildman–Crippen MR) is 121 cm³/mol. The third-order valence-electron chi connectivity index (χ3n) is 6.30. The van der Waals surface area contributed by atoms with E-state index in [4.69, 9.17) is 16.3 Å². The van der Waals surface area contributed by atoms with Crippen molar-refractivity contribution in [3.8, 4) is 5.75 Å². The number of carbonyl (C=O) groups is 3. The van der Waals surface area contributed by atoms with Gasteiger partial charge in [-0.2, -0.15) is 0 Å². The van der Waals surface area contributed by atoms with Crippen LogP contribution in [0.3, 0.4) is 0 Å². The van der Waals surface area contributed by atoms with E-state index in [1.807, 2.05) is 6.92 Å². The maximum absolute atomic E-state index is 13.3. The van der Waals surface area contributed by atoms with E-state index >= 15 is 0 Å². The van der Waals surface area contributed by atoms with Gasteiger partial charge in [0.2, 0.25) is 5.91 Å². The van der Waals surface area contributed by atoms with Gasteiger partial charge in [0, 0.05) is 5.69 Å². The van der Waals surface area contributed by atoms with Crippen LogP contribution >= 0.6 is 11.6 Å². The van der Waals surface area contributed by atoms with Gasteiger partial charge in [0.25, 0.3) is 5.91 Å². The van der Waals surface area contributed by atoms with Crippen LogP contribution in [-0.2, 0) is 16.2 Å². The minimum absolute atomic E-state index is 0.0227. The second-order valence-electron chi connectivity index (χ2n) is 8.55. The number of imide groups is 1. The summed E-state index contributed by atoms with van der Waals surface area (Å²) in [6, 6.07) is 10.2. The Kier molecular flexibility index (Phi) is 6.56. The summed E-state index contributed by atoms with van der Waals surface area (Å²) in [5, 5.41) is 5.75. The quantitative estimate of drug-likeness (QED) is 0.605. The van der Waals surface area contributed by atoms with Gasteiger partial charge in [-0.1, -0.05) is 43.5 Å². The fourth-order valence-electron chi connectivity index (χ4n) is 4.47. The molecule has 4 amide bonds. The molecule has 2 aliphatic rings. The molecule has 1 saturated carbocycles. The van der Waals surface area contributed by atoms with E-state index in [2.05, 4.69) is 10.6 Å². The van der Waals surface area contributed by atoms with Gasteiger partial charge in [0.05, 0.1) is 5.02 Å². The number of hydrogen-bond donors (Lipinski definition) is 2. The predicted octanol–water partition coefficient (Wildman–Crippen LogP) is 4.50. The van der Waals surface area contributed by atoms with Crippen molar-refractivity contribution in [2.24, 2.45) is 5.92 Å². The highest BCUT2D eigenvalue weighted by Gasteiger charge is 2.55. The molecule has 1 heterocycles. The van der Waals surface area contributed by atoms with Crippen molar-refractivity contribution in [3.05, 3.63) is 58.9 Å². The van der Waals surface area contributed by atoms with E-state index in [-0.39, 0.29) is 35.8 Å². The number of nitrogens with one attached hydrogen (secondary N) is 2. The zero-order valence-electron chi connectivity index (χ0n) is 18.2. The lowest BCUT2D eigenvalue weighted by atomic mass is 9.73. The summed E-state index contributed by atoms with van der Waals surface area (Å²) in [4.78, 5) is 39.0. The molecule has 2 aromatic rings. The van der Waals surface area contributed by atoms with Gasteiger partial charge >= 0.3 is 6.03 Å². The maximum Gasteiger partial charge on any atom is 0.325 e. The molecule has 2 fully saturated rings. The number of carbonyl (C=O) groups excluding carboxylic acids is 3. The van der Waals surface area contributed by atoms with E-state index in [1.165, 1.54) is 18.2 Å². The normalized spacial score (nSPS) is 22.4. The average molecular weight is 474 g/mol. The molecule has 9 heteroatoms. The van der Waals surface area contributed by atoms with E-state index in [0.717, 1.165) is 24.2 Å². The Morgan fingerprint density at radius 2 is 2.09 bits per heavy atom. The average Bonchev–Trinajstić information content (AvgIpc) is 3.00. The first-order chi connectivity index (χ1) is 15.8. The van der Waals surface area contributed by atoms with E-state index < -0.39 is 17.5 Å². The molecule has 0 bridgehead atoms. The fourth-order valence-corrected chi connectivity index (χ4v) is 4.70. The number of urea groups is 1. The van der Waals surface area contributed by atoms with Crippen molar-refractivity contribution in [2.45, 2.75) is 44.8 Å². The van der Waals surface area contributed by atoms with Gasteiger partial charge in [-0.25, -0.2) is 9.18 Å². The molecule has 2 N–H and O–H groups in total. The number of halogens is 2. The Labute approximate surface area is 196 Å². The smallest absolute Gasteiger partial charge is 0.325 e. The summed E-state index contributed by atoms with van der Waals surface area (Å²) in [7, 11) is 0. The Hall–Kier alpha value is -3.13. The van der Waals surface area contributed by atoms with Gasteiger partial charge < -0.3 is 15.4 Å². The molecule has 4 rings (SSSR count). The highest BCUT2D eigenvalue weighted by Crippen LogP contribution is 2.38. The van der Waals surface area contributed by atoms with Gasteiger partial charge in [-0.05, 0) is 54.7 Å². The van der Waals surface area contributed by atoms with E-state index in [0.29, 0.717) is 23.4 Å². The van der Waals surface area contributed by atoms with Crippen LogP contribution < -0.4 is 15.4 Å². The summed E-state index contributed by atoms with van der Waals surface area (Å²) in [5.41, 5.74) is 0.150. The number of nitrogens with zero attached hydrogens (tertiary/aromatic N) is 1. The van der Waals surface area contributed by atoms with Gasteiger partial charge in [-0.15, -0.1) is 0 Å². The second kappa shape index (κ2) is 9.39. The number of ether oxygens (including phenoxy) is 1. The largest absolute Gasteiger partial charge is 0.487 e. The molecule has 2 unspecified atom stereocenters. The summed E-state index contributed by atoms with van der Waals surface area (Å²) < 4.78 is 18.9. The molecular formula is C24H25ClFN3O4. The molecule has 2 aromatic carbocycles. The number of anilines is 1. The lowest BCUT2D eigenvalue weighted by molar-refractivity contribution is -0.136. The number of hydrogen-bond acceptors (Lipinski definition) is 4. The van der Waals surface area contributed by atoms with Gasteiger partial charge in [0.1, 0.15) is 30.3 Å². The molecule has 0 aromatic heterocycles. The minimum atomic E-state index is -0.903. The highest BCUT2D eigenvalue weighted by molar-refractivity contribution is 6.32. The molecule has 1 saturated heterocycles. The Balaban J connectivity index is 1.36. The number of rotatable bonds is 6. The van der Waals surface area contributed by atoms with Crippen LogP contribution in [-0.4, -0.2) is 34.8 Å². The zero-order valence-corrected chi connectivity index (χ0v) is 19.0. The van der Waals surface area contributed by atoms with Gasteiger partial charge in [-0.3, -0.25) is 14.5 Å². The van der Waals surface area contributed by atoms with Crippen LogP contribution in [0.1, 0.15) is 38.2 Å². The molecule has 33 heavy (non-hydrogen) atoms. The topological polar surface area (TPSA) is 87.7 Å². The van der Waals surface area contributed by atoms with Crippen molar-refractivity contribution in [1.82, 2.24) is 10.2 Å². The maximum atomic E-state index is 13.3. The lowest BCUT2D eigenvalue weighted by Crippen LogP contribution is -2.54. The van der Waals surface area contributed by atoms with Crippen LogP contribution in [0.15, 0.2) is 42.5 Å². The molecule has 174 valence electrons. The number of benzene rings is 2. The third kappa shape index (κ3) is 4.80. The molecule has 1 aliphatic carbocycles. The summed E-state index contributed by atoms with van der Waals surface area (Å²) in [6.07, 6.45) is 3.33. The summed E-state index contributed by atoms with van der Waals surface area (Å²) in [6.45, 7) is 1.71. The molecule has 0 radical (unpaired) electrons. The zero-order chi connectivity index (χ0) is 23.6. The van der Waals surface area contributed by atoms with E-state index in [9.17, 15) is 18.8 Å². The SMILES string of the molecule is CC1CCCCC12NC(=O)N(CC(=O)Nc1ccc(OCc3cccc(F)c3)c(Cl)c1)C2=O. The Morgan fingerprint density at radius 3 is 2.82 bits per heavy atom. The van der Waals surface area contributed by atoms with Crippen LogP contribution in [0, 0.1) is 11.7 Å².